The minimum absolute atomic E-state index is 0.126. The van der Waals surface area contributed by atoms with Crippen LogP contribution in [0.2, 0.25) is 0 Å². The SMILES string of the molecule is O=Cc1cc(C2CCCc3cccnc32)ccc1F. The van der Waals surface area contributed by atoms with E-state index in [-0.39, 0.29) is 11.5 Å². The number of carbonyl (C=O) groups is 1. The summed E-state index contributed by atoms with van der Waals surface area (Å²) < 4.78 is 13.4. The smallest absolute Gasteiger partial charge is 0.153 e. The van der Waals surface area contributed by atoms with E-state index in [4.69, 9.17) is 0 Å². The first-order valence-corrected chi connectivity index (χ1v) is 6.48. The average molecular weight is 255 g/mol. The van der Waals surface area contributed by atoms with E-state index in [1.54, 1.807) is 18.3 Å². The first-order valence-electron chi connectivity index (χ1n) is 6.48. The van der Waals surface area contributed by atoms with Crippen LogP contribution in [0.15, 0.2) is 36.5 Å². The van der Waals surface area contributed by atoms with Crippen LogP contribution in [-0.4, -0.2) is 11.3 Å². The van der Waals surface area contributed by atoms with Crippen molar-refractivity contribution in [3.8, 4) is 0 Å². The lowest BCUT2D eigenvalue weighted by molar-refractivity contribution is 0.111. The van der Waals surface area contributed by atoms with Crippen molar-refractivity contribution >= 4 is 6.29 Å². The maximum absolute atomic E-state index is 13.4. The number of carbonyl (C=O) groups excluding carboxylic acids is 1. The second-order valence-corrected chi connectivity index (χ2v) is 4.89. The highest BCUT2D eigenvalue weighted by atomic mass is 19.1. The fourth-order valence-electron chi connectivity index (χ4n) is 2.80. The first-order chi connectivity index (χ1) is 9.29. The van der Waals surface area contributed by atoms with Crippen molar-refractivity contribution in [1.29, 1.82) is 0 Å². The summed E-state index contributed by atoms with van der Waals surface area (Å²) in [6, 6.07) is 8.82. The molecule has 1 aliphatic carbocycles. The molecule has 1 atom stereocenters. The lowest BCUT2D eigenvalue weighted by atomic mass is 9.82. The highest BCUT2D eigenvalue weighted by Crippen LogP contribution is 2.35. The topological polar surface area (TPSA) is 30.0 Å². The molecule has 0 aliphatic heterocycles. The number of halogens is 1. The van der Waals surface area contributed by atoms with Crippen LogP contribution in [0.1, 0.15) is 45.9 Å². The largest absolute Gasteiger partial charge is 0.298 e. The van der Waals surface area contributed by atoms with Gasteiger partial charge in [0.25, 0.3) is 0 Å². The van der Waals surface area contributed by atoms with Gasteiger partial charge in [0.15, 0.2) is 6.29 Å². The Hall–Kier alpha value is -2.03. The van der Waals surface area contributed by atoms with Crippen molar-refractivity contribution in [2.45, 2.75) is 25.2 Å². The fourth-order valence-corrected chi connectivity index (χ4v) is 2.80. The molecular weight excluding hydrogens is 241 g/mol. The van der Waals surface area contributed by atoms with Crippen LogP contribution in [0.3, 0.4) is 0 Å². The molecule has 19 heavy (non-hydrogen) atoms. The molecule has 0 spiro atoms. The van der Waals surface area contributed by atoms with Crippen molar-refractivity contribution in [2.75, 3.05) is 0 Å². The van der Waals surface area contributed by atoms with E-state index in [0.717, 1.165) is 30.5 Å². The minimum atomic E-state index is -0.462. The standard InChI is InChI=1S/C16H14FNO/c17-15-7-6-12(9-13(15)10-19)14-5-1-3-11-4-2-8-18-16(11)14/h2,4,6-10,14H,1,3,5H2. The Bertz CT molecular complexity index is 624. The van der Waals surface area contributed by atoms with Crippen LogP contribution < -0.4 is 0 Å². The number of aryl methyl sites for hydroxylation is 1. The molecular formula is C16H14FNO. The predicted octanol–water partition coefficient (Wildman–Crippen LogP) is 3.50. The third kappa shape index (κ3) is 2.16. The van der Waals surface area contributed by atoms with E-state index in [1.807, 2.05) is 6.07 Å². The Morgan fingerprint density at radius 2 is 2.21 bits per heavy atom. The van der Waals surface area contributed by atoms with Crippen LogP contribution in [0.5, 0.6) is 0 Å². The average Bonchev–Trinajstić information content (AvgIpc) is 2.47. The number of hydrogen-bond donors (Lipinski definition) is 0. The molecule has 1 aliphatic rings. The molecule has 0 amide bonds. The molecule has 3 rings (SSSR count). The fraction of sp³-hybridized carbons (Fsp3) is 0.250. The van der Waals surface area contributed by atoms with E-state index < -0.39 is 5.82 Å². The number of pyridine rings is 1. The van der Waals surface area contributed by atoms with Gasteiger partial charge in [0.1, 0.15) is 5.82 Å². The molecule has 2 nitrogen and oxygen atoms in total. The van der Waals surface area contributed by atoms with Crippen molar-refractivity contribution in [1.82, 2.24) is 4.98 Å². The number of aromatic nitrogens is 1. The lowest BCUT2D eigenvalue weighted by Crippen LogP contribution is -2.13. The molecule has 0 saturated carbocycles. The maximum atomic E-state index is 13.4. The summed E-state index contributed by atoms with van der Waals surface area (Å²) >= 11 is 0. The molecule has 0 saturated heterocycles. The summed E-state index contributed by atoms with van der Waals surface area (Å²) in [5.74, 6) is -0.292. The Morgan fingerprint density at radius 1 is 1.32 bits per heavy atom. The minimum Gasteiger partial charge on any atom is -0.298 e. The zero-order chi connectivity index (χ0) is 13.2. The number of rotatable bonds is 2. The Morgan fingerprint density at radius 3 is 3.05 bits per heavy atom. The van der Waals surface area contributed by atoms with Gasteiger partial charge in [-0.05, 0) is 48.6 Å². The van der Waals surface area contributed by atoms with Gasteiger partial charge in [0.2, 0.25) is 0 Å². The molecule has 96 valence electrons. The molecule has 0 bridgehead atoms. The summed E-state index contributed by atoms with van der Waals surface area (Å²) in [6.07, 6.45) is 5.49. The van der Waals surface area contributed by atoms with Crippen LogP contribution in [0, 0.1) is 5.82 Å². The van der Waals surface area contributed by atoms with Gasteiger partial charge >= 0.3 is 0 Å². The normalized spacial score (nSPS) is 17.8. The van der Waals surface area contributed by atoms with Gasteiger partial charge in [-0.15, -0.1) is 0 Å². The molecule has 0 N–H and O–H groups in total. The summed E-state index contributed by atoms with van der Waals surface area (Å²) in [5.41, 5.74) is 3.43. The first kappa shape index (κ1) is 12.0. The summed E-state index contributed by atoms with van der Waals surface area (Å²) in [5, 5.41) is 0. The number of aldehydes is 1. The van der Waals surface area contributed by atoms with E-state index in [9.17, 15) is 9.18 Å². The monoisotopic (exact) mass is 255 g/mol. The van der Waals surface area contributed by atoms with Crippen molar-refractivity contribution in [3.05, 3.63) is 64.7 Å². The molecule has 3 heteroatoms. The van der Waals surface area contributed by atoms with Crippen molar-refractivity contribution in [2.24, 2.45) is 0 Å². The zero-order valence-corrected chi connectivity index (χ0v) is 10.5. The number of nitrogens with zero attached hydrogens (tertiary/aromatic N) is 1. The van der Waals surface area contributed by atoms with Crippen molar-refractivity contribution < 1.29 is 9.18 Å². The van der Waals surface area contributed by atoms with Gasteiger partial charge in [-0.1, -0.05) is 12.1 Å². The molecule has 1 heterocycles. The van der Waals surface area contributed by atoms with E-state index in [1.165, 1.54) is 11.6 Å². The van der Waals surface area contributed by atoms with Crippen LogP contribution in [-0.2, 0) is 6.42 Å². The van der Waals surface area contributed by atoms with E-state index in [2.05, 4.69) is 11.1 Å². The second kappa shape index (κ2) is 4.92. The number of hydrogen-bond acceptors (Lipinski definition) is 2. The van der Waals surface area contributed by atoms with Gasteiger partial charge < -0.3 is 0 Å². The lowest BCUT2D eigenvalue weighted by Gasteiger charge is -2.24. The summed E-state index contributed by atoms with van der Waals surface area (Å²) in [6.45, 7) is 0. The second-order valence-electron chi connectivity index (χ2n) is 4.89. The van der Waals surface area contributed by atoms with Gasteiger partial charge in [0, 0.05) is 12.1 Å². The Labute approximate surface area is 111 Å². The predicted molar refractivity (Wildman–Crippen MR) is 70.8 cm³/mol. The van der Waals surface area contributed by atoms with Crippen molar-refractivity contribution in [3.63, 3.8) is 0 Å². The Kier molecular flexibility index (Phi) is 3.11. The van der Waals surface area contributed by atoms with Gasteiger partial charge in [-0.3, -0.25) is 9.78 Å². The van der Waals surface area contributed by atoms with Gasteiger partial charge in [-0.25, -0.2) is 4.39 Å². The third-order valence-corrected chi connectivity index (χ3v) is 3.74. The van der Waals surface area contributed by atoms with Crippen LogP contribution in [0.4, 0.5) is 4.39 Å². The summed E-state index contributed by atoms with van der Waals surface area (Å²) in [7, 11) is 0. The molecule has 0 radical (unpaired) electrons. The zero-order valence-electron chi connectivity index (χ0n) is 10.5. The highest BCUT2D eigenvalue weighted by molar-refractivity contribution is 5.75. The maximum Gasteiger partial charge on any atom is 0.153 e. The quantitative estimate of drug-likeness (QED) is 0.769. The van der Waals surface area contributed by atoms with Crippen LogP contribution >= 0.6 is 0 Å². The van der Waals surface area contributed by atoms with Gasteiger partial charge in [-0.2, -0.15) is 0 Å². The third-order valence-electron chi connectivity index (χ3n) is 3.74. The van der Waals surface area contributed by atoms with E-state index in [0.29, 0.717) is 6.29 Å². The number of fused-ring (bicyclic) bond motifs is 1. The molecule has 0 fully saturated rings. The summed E-state index contributed by atoms with van der Waals surface area (Å²) in [4.78, 5) is 15.3. The molecule has 2 aromatic rings. The Balaban J connectivity index is 2.06. The van der Waals surface area contributed by atoms with Crippen LogP contribution in [0.25, 0.3) is 0 Å². The molecule has 1 aromatic heterocycles. The molecule has 1 aromatic carbocycles. The van der Waals surface area contributed by atoms with E-state index >= 15 is 0 Å². The highest BCUT2D eigenvalue weighted by Gasteiger charge is 2.23. The molecule has 1 unspecified atom stereocenters. The number of benzene rings is 1. The van der Waals surface area contributed by atoms with Gasteiger partial charge in [0.05, 0.1) is 11.3 Å².